The molecule has 4 saturated heterocycles. The van der Waals surface area contributed by atoms with Crippen LogP contribution in [0.1, 0.15) is 44.1 Å². The molecule has 6 amide bonds. The van der Waals surface area contributed by atoms with Gasteiger partial charge in [0, 0.05) is 44.3 Å². The Kier molecular flexibility index (Phi) is 7.73. The van der Waals surface area contributed by atoms with Crippen molar-refractivity contribution in [1.82, 2.24) is 24.7 Å². The van der Waals surface area contributed by atoms with Gasteiger partial charge in [0.25, 0.3) is 5.91 Å². The number of urea groups is 2. The molecule has 0 radical (unpaired) electrons. The van der Waals surface area contributed by atoms with Crippen LogP contribution < -0.4 is 0 Å². The topological polar surface area (TPSA) is 93.7 Å². The van der Waals surface area contributed by atoms with E-state index in [0.717, 1.165) is 63.1 Å². The lowest BCUT2D eigenvalue weighted by Gasteiger charge is -2.38. The Bertz CT molecular complexity index is 1020. The number of carbonyl (C=O) groups excluding carboxylic acids is 4. The maximum Gasteiger partial charge on any atom is 0.434 e. The van der Waals surface area contributed by atoms with Gasteiger partial charge in [-0.05, 0) is 68.6 Å². The van der Waals surface area contributed by atoms with Crippen LogP contribution in [0.3, 0.4) is 0 Å². The third-order valence-electron chi connectivity index (χ3n) is 7.98. The maximum absolute atomic E-state index is 13.0. The number of piperazine rings is 1. The number of imide groups is 1. The molecule has 1 aromatic rings. The van der Waals surface area contributed by atoms with Crippen LogP contribution in [0.15, 0.2) is 24.3 Å². The van der Waals surface area contributed by atoms with Gasteiger partial charge in [0.05, 0.1) is 6.54 Å². The Morgan fingerprint density at radius 3 is 2.27 bits per heavy atom. The zero-order chi connectivity index (χ0) is 25.9. The summed E-state index contributed by atoms with van der Waals surface area (Å²) in [6, 6.07) is 6.33. The number of hydrogen-bond acceptors (Lipinski definition) is 5. The lowest BCUT2D eigenvalue weighted by Crippen LogP contribution is -2.57. The molecular weight excluding hydrogens is 498 g/mol. The van der Waals surface area contributed by atoms with E-state index in [1.54, 1.807) is 9.80 Å². The third kappa shape index (κ3) is 5.63. The van der Waals surface area contributed by atoms with E-state index < -0.39 is 24.1 Å². The Hall–Kier alpha value is -3.01. The minimum Gasteiger partial charge on any atom is -0.325 e. The Balaban J connectivity index is 1.10. The summed E-state index contributed by atoms with van der Waals surface area (Å²) in [4.78, 5) is 63.3. The van der Waals surface area contributed by atoms with Gasteiger partial charge in [0.1, 0.15) is 6.04 Å². The summed E-state index contributed by atoms with van der Waals surface area (Å²) in [7, 11) is 0. The van der Waals surface area contributed by atoms with Gasteiger partial charge in [-0.25, -0.2) is 14.4 Å². The molecule has 10 nitrogen and oxygen atoms in total. The van der Waals surface area contributed by atoms with Gasteiger partial charge >= 0.3 is 18.2 Å². The molecule has 1 unspecified atom stereocenters. The van der Waals surface area contributed by atoms with Gasteiger partial charge in [-0.2, -0.15) is 0 Å². The van der Waals surface area contributed by atoms with E-state index in [4.69, 9.17) is 16.4 Å². The number of amides is 6. The number of hydrogen-bond donors (Lipinski definition) is 0. The minimum atomic E-state index is -0.818. The summed E-state index contributed by atoms with van der Waals surface area (Å²) in [5, 5.41) is 1.32. The van der Waals surface area contributed by atoms with E-state index in [1.165, 1.54) is 10.5 Å². The summed E-state index contributed by atoms with van der Waals surface area (Å²) in [5.41, 5.74) is 1.24. The normalized spacial score (nSPS) is 22.9. The molecule has 0 N–H and O–H groups in total. The fraction of sp³-hybridized carbons (Fsp3) is 0.615. The van der Waals surface area contributed by atoms with Gasteiger partial charge in [-0.3, -0.25) is 4.79 Å². The number of rotatable bonds is 4. The van der Waals surface area contributed by atoms with Crippen molar-refractivity contribution in [2.75, 3.05) is 45.8 Å². The molecule has 0 bridgehead atoms. The van der Waals surface area contributed by atoms with E-state index in [2.05, 4.69) is 0 Å². The molecule has 4 heterocycles. The van der Waals surface area contributed by atoms with Crippen molar-refractivity contribution in [2.45, 2.75) is 51.0 Å². The number of likely N-dealkylation sites (tertiary alicyclic amines) is 2. The van der Waals surface area contributed by atoms with Crippen LogP contribution >= 0.6 is 11.6 Å². The number of fused-ring (bicyclic) bond motifs is 1. The minimum absolute atomic E-state index is 0.0889. The molecule has 1 aromatic carbocycles. The van der Waals surface area contributed by atoms with E-state index in [1.807, 2.05) is 29.2 Å². The molecule has 1 atom stereocenters. The number of nitrogens with zero attached hydrogens (tertiary/aromatic N) is 5. The molecule has 4 aliphatic rings. The number of piperidine rings is 2. The van der Waals surface area contributed by atoms with E-state index in [-0.39, 0.29) is 19.1 Å². The van der Waals surface area contributed by atoms with Crippen molar-refractivity contribution in [3.63, 3.8) is 0 Å². The van der Waals surface area contributed by atoms with Crippen LogP contribution in [0.2, 0.25) is 5.02 Å². The first-order valence-corrected chi connectivity index (χ1v) is 13.7. The second-order valence-corrected chi connectivity index (χ2v) is 10.8. The average molecular weight is 532 g/mol. The van der Waals surface area contributed by atoms with Crippen LogP contribution in [-0.2, 0) is 16.1 Å². The smallest absolute Gasteiger partial charge is 0.325 e. The van der Waals surface area contributed by atoms with E-state index in [9.17, 15) is 19.2 Å². The number of carbonyl (C=O) groups is 4. The monoisotopic (exact) mass is 531 g/mol. The lowest BCUT2D eigenvalue weighted by atomic mass is 9.91. The van der Waals surface area contributed by atoms with E-state index >= 15 is 0 Å². The van der Waals surface area contributed by atoms with Crippen molar-refractivity contribution in [3.05, 3.63) is 34.9 Å². The first-order valence-electron chi connectivity index (χ1n) is 13.3. The highest BCUT2D eigenvalue weighted by molar-refractivity contribution is 6.30. The fourth-order valence-electron chi connectivity index (χ4n) is 5.67. The SMILES string of the molecule is O=C(ON1C(=O)C2CN(C(=O)N3CCCCC3)CCN2C1=O)N1CCC(CCc2ccc(Cl)cc2)CC1. The second kappa shape index (κ2) is 11.2. The van der Waals surface area contributed by atoms with Crippen molar-refractivity contribution in [2.24, 2.45) is 5.92 Å². The number of halogens is 1. The van der Waals surface area contributed by atoms with Crippen LogP contribution in [0.5, 0.6) is 0 Å². The van der Waals surface area contributed by atoms with Crippen molar-refractivity contribution in [3.8, 4) is 0 Å². The summed E-state index contributed by atoms with van der Waals surface area (Å²) < 4.78 is 0. The van der Waals surface area contributed by atoms with Crippen LogP contribution in [0.4, 0.5) is 14.4 Å². The summed E-state index contributed by atoms with van der Waals surface area (Å²) in [6.45, 7) is 3.19. The van der Waals surface area contributed by atoms with Gasteiger partial charge in [0.2, 0.25) is 0 Å². The van der Waals surface area contributed by atoms with Crippen LogP contribution in [0.25, 0.3) is 0 Å². The zero-order valence-corrected chi connectivity index (χ0v) is 21.8. The van der Waals surface area contributed by atoms with Crippen molar-refractivity contribution >= 4 is 35.7 Å². The molecule has 0 aliphatic carbocycles. The highest BCUT2D eigenvalue weighted by atomic mass is 35.5. The second-order valence-electron chi connectivity index (χ2n) is 10.4. The van der Waals surface area contributed by atoms with Crippen molar-refractivity contribution < 1.29 is 24.0 Å². The fourth-order valence-corrected chi connectivity index (χ4v) is 5.80. The number of aryl methyl sites for hydroxylation is 1. The average Bonchev–Trinajstić information content (AvgIpc) is 3.17. The largest absolute Gasteiger partial charge is 0.434 e. The predicted octanol–water partition coefficient (Wildman–Crippen LogP) is 3.59. The molecule has 0 spiro atoms. The Morgan fingerprint density at radius 1 is 0.865 bits per heavy atom. The first kappa shape index (κ1) is 25.6. The maximum atomic E-state index is 13.0. The van der Waals surface area contributed by atoms with Gasteiger partial charge in [-0.1, -0.05) is 28.8 Å². The molecule has 200 valence electrons. The standard InChI is InChI=1S/C26H34ClN5O5/c27-21-8-6-19(7-9-21)4-5-20-10-14-29(15-11-20)26(36)37-32-23(33)22-18-30(16-17-31(22)25(32)35)24(34)28-12-2-1-3-13-28/h6-9,20,22H,1-5,10-18H2. The molecule has 4 fully saturated rings. The predicted molar refractivity (Wildman–Crippen MR) is 136 cm³/mol. The number of hydroxylamine groups is 2. The molecule has 0 saturated carbocycles. The van der Waals surface area contributed by atoms with Gasteiger partial charge in [-0.15, -0.1) is 0 Å². The molecule has 5 rings (SSSR count). The highest BCUT2D eigenvalue weighted by Crippen LogP contribution is 2.26. The first-order chi connectivity index (χ1) is 17.9. The summed E-state index contributed by atoms with van der Waals surface area (Å²) >= 11 is 5.95. The lowest BCUT2D eigenvalue weighted by molar-refractivity contribution is -0.152. The molecule has 11 heteroatoms. The van der Waals surface area contributed by atoms with Crippen molar-refractivity contribution in [1.29, 1.82) is 0 Å². The van der Waals surface area contributed by atoms with Crippen LogP contribution in [0, 0.1) is 5.92 Å². The van der Waals surface area contributed by atoms with Gasteiger partial charge in [0.15, 0.2) is 0 Å². The van der Waals surface area contributed by atoms with E-state index in [0.29, 0.717) is 30.6 Å². The Morgan fingerprint density at radius 2 is 1.57 bits per heavy atom. The summed E-state index contributed by atoms with van der Waals surface area (Å²) in [6.07, 6.45) is 6.06. The van der Waals surface area contributed by atoms with Crippen LogP contribution in [-0.4, -0.2) is 101 Å². The Labute approximate surface area is 222 Å². The molecule has 37 heavy (non-hydrogen) atoms. The molecular formula is C26H34ClN5O5. The third-order valence-corrected chi connectivity index (χ3v) is 8.23. The molecule has 4 aliphatic heterocycles. The zero-order valence-electron chi connectivity index (χ0n) is 21.0. The quantitative estimate of drug-likeness (QED) is 0.553. The van der Waals surface area contributed by atoms with Gasteiger partial charge < -0.3 is 24.4 Å². The number of benzene rings is 1. The highest BCUT2D eigenvalue weighted by Gasteiger charge is 2.51. The molecule has 0 aromatic heterocycles. The summed E-state index contributed by atoms with van der Waals surface area (Å²) in [5.74, 6) is -0.0977.